The van der Waals surface area contributed by atoms with Gasteiger partial charge in [-0.1, -0.05) is 87.7 Å². The minimum Gasteiger partial charge on any atom is -0.459 e. The first-order valence-corrected chi connectivity index (χ1v) is 22.9. The maximum absolute atomic E-state index is 13.8. The highest BCUT2D eigenvalue weighted by Crippen LogP contribution is 2.61. The molecular formula is C46H48Br2N8O8. The summed E-state index contributed by atoms with van der Waals surface area (Å²) in [6.07, 6.45) is 10.5. The highest BCUT2D eigenvalue weighted by atomic mass is 79.9. The molecule has 0 unspecified atom stereocenters. The van der Waals surface area contributed by atoms with Crippen LogP contribution < -0.4 is 9.80 Å². The Morgan fingerprint density at radius 1 is 0.797 bits per heavy atom. The van der Waals surface area contributed by atoms with Crippen molar-refractivity contribution in [2.24, 2.45) is 22.7 Å². The average molecular weight is 1000 g/mol. The zero-order valence-electron chi connectivity index (χ0n) is 35.8. The van der Waals surface area contributed by atoms with E-state index in [1.807, 2.05) is 0 Å². The fourth-order valence-corrected chi connectivity index (χ4v) is 10.9. The lowest BCUT2D eigenvalue weighted by Gasteiger charge is -2.58. The van der Waals surface area contributed by atoms with E-state index in [-0.39, 0.29) is 68.1 Å². The van der Waals surface area contributed by atoms with Crippen molar-refractivity contribution in [3.05, 3.63) is 104 Å². The van der Waals surface area contributed by atoms with E-state index in [0.29, 0.717) is 55.2 Å². The first-order valence-electron chi connectivity index (χ1n) is 21.3. The van der Waals surface area contributed by atoms with E-state index in [1.54, 1.807) is 54.9 Å². The summed E-state index contributed by atoms with van der Waals surface area (Å²) < 4.78 is 15.7. The number of hydrogen-bond acceptors (Lipinski definition) is 12. The van der Waals surface area contributed by atoms with Crippen LogP contribution in [-0.4, -0.2) is 78.4 Å². The number of anilines is 2. The minimum absolute atomic E-state index is 0.0164. The number of carbonyl (C=O) groups excluding carboxylic acids is 6. The lowest BCUT2D eigenvalue weighted by atomic mass is 9.47. The molecule has 4 heterocycles. The number of Topliss-reactive ketones (excluding diaryl/α,β-unsaturated/α-hetero) is 2. The number of esters is 2. The highest BCUT2D eigenvalue weighted by Gasteiger charge is 2.52. The number of allylic oxidation sites excluding steroid dienone is 2. The van der Waals surface area contributed by atoms with Gasteiger partial charge >= 0.3 is 11.9 Å². The molecule has 0 bridgehead atoms. The largest absolute Gasteiger partial charge is 0.459 e. The Labute approximate surface area is 386 Å². The smallest absolute Gasteiger partial charge is 0.334 e. The van der Waals surface area contributed by atoms with Crippen LogP contribution in [0.4, 0.5) is 11.4 Å². The van der Waals surface area contributed by atoms with E-state index in [1.165, 1.54) is 19.2 Å². The Balaban J connectivity index is 0.909. The molecule has 0 spiro atoms. The van der Waals surface area contributed by atoms with Crippen LogP contribution >= 0.6 is 31.9 Å². The van der Waals surface area contributed by atoms with Crippen LogP contribution in [-0.2, 0) is 55.0 Å². The number of amides is 2. The van der Waals surface area contributed by atoms with E-state index in [9.17, 15) is 28.8 Å². The highest BCUT2D eigenvalue weighted by molar-refractivity contribution is 9.10. The van der Waals surface area contributed by atoms with E-state index in [0.717, 1.165) is 37.7 Å². The van der Waals surface area contributed by atoms with Gasteiger partial charge in [0.25, 0.3) is 23.4 Å². The number of ether oxygens (including phenoxy) is 2. The van der Waals surface area contributed by atoms with Crippen molar-refractivity contribution < 1.29 is 38.2 Å². The quantitative estimate of drug-likeness (QED) is 0.0507. The first kappa shape index (κ1) is 45.0. The van der Waals surface area contributed by atoms with E-state index >= 15 is 0 Å². The van der Waals surface area contributed by atoms with Crippen molar-refractivity contribution >= 4 is 78.6 Å². The molecule has 0 N–H and O–H groups in total. The number of aromatic nitrogens is 6. The maximum atomic E-state index is 13.8. The monoisotopic (exact) mass is 998 g/mol. The average Bonchev–Trinajstić information content (AvgIpc) is 4.02. The van der Waals surface area contributed by atoms with Crippen LogP contribution in [0.5, 0.6) is 0 Å². The molecule has 18 heteroatoms. The summed E-state index contributed by atoms with van der Waals surface area (Å²) in [6.45, 7) is 11.9. The first-order chi connectivity index (χ1) is 30.5. The molecule has 2 fully saturated rings. The van der Waals surface area contributed by atoms with Crippen molar-refractivity contribution in [2.45, 2.75) is 92.0 Å². The van der Waals surface area contributed by atoms with Crippen LogP contribution in [0.2, 0.25) is 0 Å². The number of nitrogens with zero attached hydrogens (tertiary/aromatic N) is 8. The SMILES string of the molecule is C=C1CC[C@H]2C(C)(C)CCC[C@]2(C)[C@H]1C/C=C(\CC(=O)OCc1cn(CCN2C(=O)C(=O)c3cc(Br)ccc32)nn1)C(=O)OCc1cn(CCN2C(=O)C(=O)c3cc(Br)ccc32)nn1. The molecule has 2 amide bonds. The predicted octanol–water partition coefficient (Wildman–Crippen LogP) is 7.15. The van der Waals surface area contributed by atoms with Crippen molar-refractivity contribution in [2.75, 3.05) is 22.9 Å². The third kappa shape index (κ3) is 9.03. The molecule has 0 saturated heterocycles. The second-order valence-corrected chi connectivity index (χ2v) is 19.7. The van der Waals surface area contributed by atoms with Gasteiger partial charge in [0, 0.05) is 27.6 Å². The Morgan fingerprint density at radius 3 is 1.91 bits per heavy atom. The van der Waals surface area contributed by atoms with Gasteiger partial charge in [0.2, 0.25) is 0 Å². The zero-order chi connectivity index (χ0) is 45.5. The number of benzene rings is 2. The summed E-state index contributed by atoms with van der Waals surface area (Å²) in [5, 5.41) is 16.5. The Kier molecular flexibility index (Phi) is 12.7. The summed E-state index contributed by atoms with van der Waals surface area (Å²) in [6, 6.07) is 10.2. The Bertz CT molecular complexity index is 2620. The fourth-order valence-electron chi connectivity index (χ4n) is 10.2. The summed E-state index contributed by atoms with van der Waals surface area (Å²) in [5.74, 6) is -3.14. The van der Waals surface area contributed by atoms with Crippen LogP contribution in [0.15, 0.2) is 81.5 Å². The normalized spacial score (nSPS) is 21.6. The van der Waals surface area contributed by atoms with Crippen LogP contribution in [0.1, 0.15) is 97.8 Å². The molecule has 334 valence electrons. The maximum Gasteiger partial charge on any atom is 0.334 e. The summed E-state index contributed by atoms with van der Waals surface area (Å²) in [4.78, 5) is 80.6. The van der Waals surface area contributed by atoms with E-state index in [2.05, 4.69) is 79.8 Å². The molecule has 4 aliphatic rings. The standard InChI is InChI=1S/C46H48Br2N8O8/c1-27-6-13-38-45(2,3)14-5-15-46(38,4)35(27)10-7-28(44(62)64-26-32-24-54(52-50-32)17-19-56-37-12-9-30(48)22-34(37)41(59)43(56)61)20-39(57)63-25-31-23-53(51-49-31)16-18-55-36-11-8-29(47)21-33(36)40(58)42(55)60/h7-9,11-12,21-24,35,38H,1,5-6,10,13-20,25-26H2,2-4H3/b28-7+/t35-,38-,46+/m0/s1. The fraction of sp³-hybridized carbons (Fsp3) is 0.435. The second-order valence-electron chi connectivity index (χ2n) is 17.9. The molecule has 2 aliphatic heterocycles. The van der Waals surface area contributed by atoms with Crippen molar-refractivity contribution in [1.82, 2.24) is 30.0 Å². The molecule has 2 aliphatic carbocycles. The second kappa shape index (κ2) is 18.1. The van der Waals surface area contributed by atoms with Crippen LogP contribution in [0.3, 0.4) is 0 Å². The van der Waals surface area contributed by atoms with Gasteiger partial charge in [-0.15, -0.1) is 10.2 Å². The van der Waals surface area contributed by atoms with Gasteiger partial charge in [-0.2, -0.15) is 0 Å². The minimum atomic E-state index is -0.697. The van der Waals surface area contributed by atoms with Gasteiger partial charge in [0.05, 0.1) is 54.4 Å². The Hall–Kier alpha value is -5.62. The number of ketones is 2. The zero-order valence-corrected chi connectivity index (χ0v) is 39.0. The van der Waals surface area contributed by atoms with Gasteiger partial charge in [-0.05, 0) is 91.2 Å². The van der Waals surface area contributed by atoms with Gasteiger partial charge < -0.3 is 19.3 Å². The number of carbonyl (C=O) groups is 6. The molecule has 2 aromatic heterocycles. The molecule has 4 aromatic rings. The number of hydrogen-bond donors (Lipinski definition) is 0. The lowest BCUT2D eigenvalue weighted by molar-refractivity contribution is -0.147. The number of fused-ring (bicyclic) bond motifs is 3. The molecular weight excluding hydrogens is 952 g/mol. The van der Waals surface area contributed by atoms with Crippen LogP contribution in [0, 0.1) is 22.7 Å². The summed E-state index contributed by atoms with van der Waals surface area (Å²) in [5.41, 5.74) is 3.88. The number of halogens is 2. The summed E-state index contributed by atoms with van der Waals surface area (Å²) in [7, 11) is 0. The molecule has 0 radical (unpaired) electrons. The van der Waals surface area contributed by atoms with Gasteiger partial charge in [-0.25, -0.2) is 4.79 Å². The van der Waals surface area contributed by atoms with Gasteiger partial charge in [0.1, 0.15) is 24.6 Å². The van der Waals surface area contributed by atoms with Crippen molar-refractivity contribution in [1.29, 1.82) is 0 Å². The molecule has 8 rings (SSSR count). The molecule has 16 nitrogen and oxygen atoms in total. The predicted molar refractivity (Wildman–Crippen MR) is 240 cm³/mol. The Morgan fingerprint density at radius 2 is 1.34 bits per heavy atom. The topological polar surface area (TPSA) is 189 Å². The summed E-state index contributed by atoms with van der Waals surface area (Å²) >= 11 is 6.69. The van der Waals surface area contributed by atoms with Crippen molar-refractivity contribution in [3.8, 4) is 0 Å². The van der Waals surface area contributed by atoms with Crippen LogP contribution in [0.25, 0.3) is 0 Å². The van der Waals surface area contributed by atoms with Gasteiger partial charge in [0.15, 0.2) is 0 Å². The van der Waals surface area contributed by atoms with E-state index < -0.39 is 35.3 Å². The third-order valence-electron chi connectivity index (χ3n) is 13.4. The number of rotatable bonds is 15. The molecule has 64 heavy (non-hydrogen) atoms. The molecule has 3 atom stereocenters. The molecule has 2 aromatic carbocycles. The third-order valence-corrected chi connectivity index (χ3v) is 14.4. The molecule has 2 saturated carbocycles. The van der Waals surface area contributed by atoms with Gasteiger partial charge in [-0.3, -0.25) is 33.3 Å². The van der Waals surface area contributed by atoms with E-state index in [4.69, 9.17) is 9.47 Å². The van der Waals surface area contributed by atoms with Crippen molar-refractivity contribution in [3.63, 3.8) is 0 Å². The lowest BCUT2D eigenvalue weighted by Crippen LogP contribution is -2.49.